The summed E-state index contributed by atoms with van der Waals surface area (Å²) in [6, 6.07) is 12.3. The summed E-state index contributed by atoms with van der Waals surface area (Å²) in [5, 5.41) is 14.7. The smallest absolute Gasteiger partial charge is 0.274 e. The van der Waals surface area contributed by atoms with Crippen molar-refractivity contribution in [2.75, 3.05) is 6.54 Å². The topological polar surface area (TPSA) is 75.4 Å². The van der Waals surface area contributed by atoms with Gasteiger partial charge < -0.3 is 10.0 Å². The number of benzene rings is 1. The number of rotatable bonds is 5. The van der Waals surface area contributed by atoms with Crippen LogP contribution in [0.25, 0.3) is 0 Å². The average molecular weight is 355 g/mol. The molecule has 0 aliphatic heterocycles. The highest BCUT2D eigenvalue weighted by atomic mass is 16.3. The average Bonchev–Trinajstić information content (AvgIpc) is 2.69. The van der Waals surface area contributed by atoms with Crippen LogP contribution in [-0.2, 0) is 7.05 Å². The molecule has 6 nitrogen and oxygen atoms in total. The Labute approximate surface area is 153 Å². The van der Waals surface area contributed by atoms with E-state index in [4.69, 9.17) is 0 Å². The fourth-order valence-electron chi connectivity index (χ4n) is 3.52. The van der Waals surface area contributed by atoms with Gasteiger partial charge in [-0.3, -0.25) is 9.59 Å². The Kier molecular flexibility index (Phi) is 5.83. The number of amides is 1. The van der Waals surface area contributed by atoms with Crippen LogP contribution < -0.4 is 5.56 Å². The first-order valence-electron chi connectivity index (χ1n) is 9.14. The summed E-state index contributed by atoms with van der Waals surface area (Å²) >= 11 is 0. The van der Waals surface area contributed by atoms with Crippen LogP contribution in [0.15, 0.2) is 47.3 Å². The molecule has 0 saturated heterocycles. The van der Waals surface area contributed by atoms with E-state index < -0.39 is 6.10 Å². The zero-order chi connectivity index (χ0) is 18.5. The zero-order valence-corrected chi connectivity index (χ0v) is 15.0. The lowest BCUT2D eigenvalue weighted by Crippen LogP contribution is -2.44. The molecule has 2 aromatic rings. The lowest BCUT2D eigenvalue weighted by atomic mass is 9.93. The Morgan fingerprint density at radius 3 is 2.54 bits per heavy atom. The van der Waals surface area contributed by atoms with Gasteiger partial charge in [-0.25, -0.2) is 4.68 Å². The second-order valence-corrected chi connectivity index (χ2v) is 6.86. The Balaban J connectivity index is 1.85. The van der Waals surface area contributed by atoms with Crippen molar-refractivity contribution >= 4 is 5.91 Å². The molecule has 1 aromatic carbocycles. The number of hydrogen-bond acceptors (Lipinski definition) is 4. The molecular weight excluding hydrogens is 330 g/mol. The van der Waals surface area contributed by atoms with Gasteiger partial charge in [0.2, 0.25) is 0 Å². The summed E-state index contributed by atoms with van der Waals surface area (Å²) in [5.74, 6) is -0.234. The Bertz CT molecular complexity index is 797. The largest absolute Gasteiger partial charge is 0.387 e. The molecule has 6 heteroatoms. The van der Waals surface area contributed by atoms with E-state index in [0.717, 1.165) is 31.2 Å². The highest BCUT2D eigenvalue weighted by molar-refractivity contribution is 5.92. The SMILES string of the molecule is Cn1nc(C(=O)N(C[C@@H](O)c2ccccc2)C2CCCCC2)ccc1=O. The number of hydrogen-bond donors (Lipinski definition) is 1. The van der Waals surface area contributed by atoms with Crippen LogP contribution in [0, 0.1) is 0 Å². The Morgan fingerprint density at radius 1 is 1.19 bits per heavy atom. The van der Waals surface area contributed by atoms with Gasteiger partial charge in [0.25, 0.3) is 11.5 Å². The molecule has 1 fully saturated rings. The van der Waals surface area contributed by atoms with Crippen LogP contribution in [-0.4, -0.2) is 38.3 Å². The normalized spacial score (nSPS) is 16.2. The van der Waals surface area contributed by atoms with Crippen LogP contribution in [0.5, 0.6) is 0 Å². The van der Waals surface area contributed by atoms with Crippen LogP contribution in [0.4, 0.5) is 0 Å². The zero-order valence-electron chi connectivity index (χ0n) is 15.0. The Morgan fingerprint density at radius 2 is 1.88 bits per heavy atom. The second kappa shape index (κ2) is 8.27. The molecule has 138 valence electrons. The minimum absolute atomic E-state index is 0.0913. The van der Waals surface area contributed by atoms with Crippen LogP contribution in [0.3, 0.4) is 0 Å². The van der Waals surface area contributed by atoms with Gasteiger partial charge in [-0.2, -0.15) is 5.10 Å². The lowest BCUT2D eigenvalue weighted by molar-refractivity contribution is 0.0446. The van der Waals surface area contributed by atoms with E-state index in [1.165, 1.54) is 30.3 Å². The Hall–Kier alpha value is -2.47. The van der Waals surface area contributed by atoms with Gasteiger partial charge in [-0.15, -0.1) is 0 Å². The third-order valence-electron chi connectivity index (χ3n) is 5.01. The monoisotopic (exact) mass is 355 g/mol. The fraction of sp³-hybridized carbons (Fsp3) is 0.450. The minimum atomic E-state index is -0.755. The predicted molar refractivity (Wildman–Crippen MR) is 98.8 cm³/mol. The molecular formula is C20H25N3O3. The van der Waals surface area contributed by atoms with Crippen LogP contribution in [0.2, 0.25) is 0 Å². The summed E-state index contributed by atoms with van der Waals surface area (Å²) in [6.45, 7) is 0.220. The summed E-state index contributed by atoms with van der Waals surface area (Å²) < 4.78 is 1.17. The lowest BCUT2D eigenvalue weighted by Gasteiger charge is -2.35. The molecule has 0 unspecified atom stereocenters. The maximum Gasteiger partial charge on any atom is 0.274 e. The molecule has 0 radical (unpaired) electrons. The van der Waals surface area contributed by atoms with Crippen LogP contribution in [0.1, 0.15) is 54.3 Å². The van der Waals surface area contributed by atoms with E-state index in [0.29, 0.717) is 0 Å². The van der Waals surface area contributed by atoms with Gasteiger partial charge in [-0.1, -0.05) is 49.6 Å². The molecule has 1 heterocycles. The maximum absolute atomic E-state index is 13.1. The first kappa shape index (κ1) is 18.3. The number of nitrogens with zero attached hydrogens (tertiary/aromatic N) is 3. The third-order valence-corrected chi connectivity index (χ3v) is 5.01. The third kappa shape index (κ3) is 4.19. The molecule has 1 aliphatic carbocycles. The molecule has 3 rings (SSSR count). The molecule has 1 N–H and O–H groups in total. The molecule has 26 heavy (non-hydrogen) atoms. The number of carbonyl (C=O) groups excluding carboxylic acids is 1. The molecule has 1 aromatic heterocycles. The summed E-state index contributed by atoms with van der Waals surface area (Å²) in [5.41, 5.74) is 0.766. The van der Waals surface area contributed by atoms with Crippen molar-refractivity contribution in [2.24, 2.45) is 7.05 Å². The fourth-order valence-corrected chi connectivity index (χ4v) is 3.52. The van der Waals surface area contributed by atoms with E-state index in [1.54, 1.807) is 4.90 Å². The predicted octanol–water partition coefficient (Wildman–Crippen LogP) is 2.29. The second-order valence-electron chi connectivity index (χ2n) is 6.86. The number of carbonyl (C=O) groups is 1. The molecule has 1 saturated carbocycles. The summed E-state index contributed by atoms with van der Waals surface area (Å²) in [4.78, 5) is 26.4. The highest BCUT2D eigenvalue weighted by Crippen LogP contribution is 2.26. The van der Waals surface area contributed by atoms with Gasteiger partial charge in [0.15, 0.2) is 0 Å². The van der Waals surface area contributed by atoms with Gasteiger partial charge in [0.05, 0.1) is 12.6 Å². The first-order chi connectivity index (χ1) is 12.6. The van der Waals surface area contributed by atoms with E-state index in [-0.39, 0.29) is 29.7 Å². The van der Waals surface area contributed by atoms with Crippen molar-refractivity contribution in [3.8, 4) is 0 Å². The van der Waals surface area contributed by atoms with E-state index >= 15 is 0 Å². The van der Waals surface area contributed by atoms with Gasteiger partial charge in [0, 0.05) is 19.2 Å². The van der Waals surface area contributed by atoms with Crippen molar-refractivity contribution in [3.05, 3.63) is 64.1 Å². The summed E-state index contributed by atoms with van der Waals surface area (Å²) in [7, 11) is 1.53. The van der Waals surface area contributed by atoms with E-state index in [9.17, 15) is 14.7 Å². The maximum atomic E-state index is 13.1. The van der Waals surface area contributed by atoms with E-state index in [2.05, 4.69) is 5.10 Å². The number of aliphatic hydroxyl groups excluding tert-OH is 1. The number of aryl methyl sites for hydroxylation is 1. The van der Waals surface area contributed by atoms with Crippen molar-refractivity contribution in [3.63, 3.8) is 0 Å². The van der Waals surface area contributed by atoms with Crippen molar-refractivity contribution in [2.45, 2.75) is 44.2 Å². The quantitative estimate of drug-likeness (QED) is 0.893. The first-order valence-corrected chi connectivity index (χ1v) is 9.14. The van der Waals surface area contributed by atoms with Crippen LogP contribution >= 0.6 is 0 Å². The van der Waals surface area contributed by atoms with Gasteiger partial charge >= 0.3 is 0 Å². The molecule has 1 amide bonds. The molecule has 1 aliphatic rings. The van der Waals surface area contributed by atoms with Gasteiger partial charge in [0.1, 0.15) is 5.69 Å². The van der Waals surface area contributed by atoms with E-state index in [1.807, 2.05) is 30.3 Å². The molecule has 0 bridgehead atoms. The van der Waals surface area contributed by atoms with Gasteiger partial charge in [-0.05, 0) is 24.5 Å². The molecule has 0 spiro atoms. The number of aromatic nitrogens is 2. The molecule has 1 atom stereocenters. The minimum Gasteiger partial charge on any atom is -0.387 e. The van der Waals surface area contributed by atoms with Crippen molar-refractivity contribution in [1.82, 2.24) is 14.7 Å². The number of aliphatic hydroxyl groups is 1. The van der Waals surface area contributed by atoms with Crippen molar-refractivity contribution < 1.29 is 9.90 Å². The highest BCUT2D eigenvalue weighted by Gasteiger charge is 2.29. The van der Waals surface area contributed by atoms with Crippen molar-refractivity contribution in [1.29, 1.82) is 0 Å². The standard InChI is InChI=1S/C20H25N3O3/c1-22-19(25)13-12-17(21-22)20(26)23(16-10-6-3-7-11-16)14-18(24)15-8-4-2-5-9-15/h2,4-5,8-9,12-13,16,18,24H,3,6-7,10-11,14H2,1H3/t18-/m1/s1. The summed E-state index contributed by atoms with van der Waals surface area (Å²) in [6.07, 6.45) is 4.44.